The summed E-state index contributed by atoms with van der Waals surface area (Å²) in [6.07, 6.45) is 0.882. The standard InChI is InChI=1S/C15H21NO3S/c1-11(2)13-4-3-5-14(9-13)16-15(17)8-12-6-7-20(18,19)10-12/h3-5,9,11-12H,6-8,10H2,1-2H3,(H,16,17). The molecule has 1 heterocycles. The zero-order chi connectivity index (χ0) is 14.8. The largest absolute Gasteiger partial charge is 0.326 e. The van der Waals surface area contributed by atoms with Crippen molar-refractivity contribution in [2.45, 2.75) is 32.6 Å². The first-order valence-electron chi connectivity index (χ1n) is 6.96. The maximum atomic E-state index is 12.0. The minimum absolute atomic E-state index is 0.0340. The van der Waals surface area contributed by atoms with Crippen LogP contribution in [0.25, 0.3) is 0 Å². The van der Waals surface area contributed by atoms with Gasteiger partial charge in [0.2, 0.25) is 5.91 Å². The van der Waals surface area contributed by atoms with Gasteiger partial charge in [-0.05, 0) is 36.0 Å². The molecule has 20 heavy (non-hydrogen) atoms. The van der Waals surface area contributed by atoms with Gasteiger partial charge in [-0.2, -0.15) is 0 Å². The van der Waals surface area contributed by atoms with Crippen LogP contribution >= 0.6 is 0 Å². The lowest BCUT2D eigenvalue weighted by Crippen LogP contribution is -2.17. The highest BCUT2D eigenvalue weighted by Crippen LogP contribution is 2.23. The zero-order valence-electron chi connectivity index (χ0n) is 11.9. The molecule has 1 saturated heterocycles. The van der Waals surface area contributed by atoms with Gasteiger partial charge in [0, 0.05) is 12.1 Å². The highest BCUT2D eigenvalue weighted by molar-refractivity contribution is 7.91. The Morgan fingerprint density at radius 2 is 2.15 bits per heavy atom. The van der Waals surface area contributed by atoms with Crippen LogP contribution in [-0.4, -0.2) is 25.8 Å². The van der Waals surface area contributed by atoms with Crippen LogP contribution in [0.4, 0.5) is 5.69 Å². The minimum atomic E-state index is -2.91. The Hall–Kier alpha value is -1.36. The van der Waals surface area contributed by atoms with E-state index in [9.17, 15) is 13.2 Å². The van der Waals surface area contributed by atoms with E-state index in [-0.39, 0.29) is 29.8 Å². The van der Waals surface area contributed by atoms with E-state index in [0.29, 0.717) is 12.3 Å². The van der Waals surface area contributed by atoms with E-state index in [1.165, 1.54) is 5.56 Å². The maximum absolute atomic E-state index is 12.0. The molecule has 2 rings (SSSR count). The van der Waals surface area contributed by atoms with E-state index >= 15 is 0 Å². The normalized spacial score (nSPS) is 21.1. The fourth-order valence-electron chi connectivity index (χ4n) is 2.48. The monoisotopic (exact) mass is 295 g/mol. The Morgan fingerprint density at radius 3 is 2.75 bits per heavy atom. The summed E-state index contributed by atoms with van der Waals surface area (Å²) < 4.78 is 22.7. The van der Waals surface area contributed by atoms with Crippen LogP contribution in [0.2, 0.25) is 0 Å². The van der Waals surface area contributed by atoms with Crippen molar-refractivity contribution in [2.24, 2.45) is 5.92 Å². The van der Waals surface area contributed by atoms with E-state index in [1.54, 1.807) is 0 Å². The molecule has 0 radical (unpaired) electrons. The van der Waals surface area contributed by atoms with Crippen LogP contribution in [0.3, 0.4) is 0 Å². The van der Waals surface area contributed by atoms with Gasteiger partial charge < -0.3 is 5.32 Å². The lowest BCUT2D eigenvalue weighted by Gasteiger charge is -2.11. The van der Waals surface area contributed by atoms with Gasteiger partial charge in [0.25, 0.3) is 0 Å². The number of carbonyl (C=O) groups is 1. The molecule has 0 aliphatic carbocycles. The third-order valence-corrected chi connectivity index (χ3v) is 5.47. The average Bonchev–Trinajstić information content (AvgIpc) is 2.68. The van der Waals surface area contributed by atoms with E-state index in [0.717, 1.165) is 5.69 Å². The molecule has 1 amide bonds. The van der Waals surface area contributed by atoms with E-state index in [1.807, 2.05) is 24.3 Å². The van der Waals surface area contributed by atoms with Crippen molar-refractivity contribution in [2.75, 3.05) is 16.8 Å². The zero-order valence-corrected chi connectivity index (χ0v) is 12.7. The molecule has 110 valence electrons. The molecule has 1 aromatic rings. The van der Waals surface area contributed by atoms with Crippen molar-refractivity contribution in [3.05, 3.63) is 29.8 Å². The molecule has 0 bridgehead atoms. The van der Waals surface area contributed by atoms with Crippen LogP contribution in [0, 0.1) is 5.92 Å². The lowest BCUT2D eigenvalue weighted by molar-refractivity contribution is -0.116. The lowest BCUT2D eigenvalue weighted by atomic mass is 10.0. The summed E-state index contributed by atoms with van der Waals surface area (Å²) in [6, 6.07) is 7.78. The number of rotatable bonds is 4. The predicted octanol–water partition coefficient (Wildman–Crippen LogP) is 2.57. The molecule has 1 unspecified atom stereocenters. The van der Waals surface area contributed by atoms with Gasteiger partial charge >= 0.3 is 0 Å². The molecule has 4 nitrogen and oxygen atoms in total. The molecule has 5 heteroatoms. The van der Waals surface area contributed by atoms with Crippen molar-refractivity contribution in [1.82, 2.24) is 0 Å². The number of amides is 1. The fraction of sp³-hybridized carbons (Fsp3) is 0.533. The molecule has 1 aromatic carbocycles. The van der Waals surface area contributed by atoms with Gasteiger partial charge in [-0.15, -0.1) is 0 Å². The topological polar surface area (TPSA) is 63.2 Å². The number of anilines is 1. The molecular weight excluding hydrogens is 274 g/mol. The number of hydrogen-bond acceptors (Lipinski definition) is 3. The van der Waals surface area contributed by atoms with Crippen molar-refractivity contribution >= 4 is 21.4 Å². The molecule has 1 atom stereocenters. The van der Waals surface area contributed by atoms with Gasteiger partial charge in [-0.1, -0.05) is 26.0 Å². The molecular formula is C15H21NO3S. The van der Waals surface area contributed by atoms with Crippen LogP contribution in [0.5, 0.6) is 0 Å². The van der Waals surface area contributed by atoms with Gasteiger partial charge in [0.1, 0.15) is 0 Å². The minimum Gasteiger partial charge on any atom is -0.326 e. The highest BCUT2D eigenvalue weighted by atomic mass is 32.2. The summed E-state index contributed by atoms with van der Waals surface area (Å²) in [5.41, 5.74) is 1.95. The van der Waals surface area contributed by atoms with Gasteiger partial charge in [0.15, 0.2) is 9.84 Å². The molecule has 0 aromatic heterocycles. The summed E-state index contributed by atoms with van der Waals surface area (Å²) in [5.74, 6) is 0.633. The van der Waals surface area contributed by atoms with Crippen molar-refractivity contribution in [1.29, 1.82) is 0 Å². The van der Waals surface area contributed by atoms with Crippen LogP contribution in [-0.2, 0) is 14.6 Å². The molecule has 1 N–H and O–H groups in total. The number of sulfone groups is 1. The van der Waals surface area contributed by atoms with Crippen molar-refractivity contribution in [3.63, 3.8) is 0 Å². The Kier molecular flexibility index (Phi) is 4.48. The van der Waals surface area contributed by atoms with Gasteiger partial charge in [-0.25, -0.2) is 8.42 Å². The van der Waals surface area contributed by atoms with Gasteiger partial charge in [-0.3, -0.25) is 4.79 Å². The summed E-state index contributed by atoms with van der Waals surface area (Å²) >= 11 is 0. The second-order valence-corrected chi connectivity index (χ2v) is 8.03. The molecule has 1 aliphatic rings. The Labute approximate surface area is 120 Å². The quantitative estimate of drug-likeness (QED) is 0.928. The first-order chi connectivity index (χ1) is 9.35. The van der Waals surface area contributed by atoms with Gasteiger partial charge in [0.05, 0.1) is 11.5 Å². The Bertz CT molecular complexity index is 593. The summed E-state index contributed by atoms with van der Waals surface area (Å²) in [5, 5.41) is 2.86. The molecule has 1 fully saturated rings. The van der Waals surface area contributed by atoms with Crippen LogP contribution in [0.1, 0.15) is 38.2 Å². The maximum Gasteiger partial charge on any atom is 0.224 e. The van der Waals surface area contributed by atoms with E-state index in [2.05, 4.69) is 19.2 Å². The Morgan fingerprint density at radius 1 is 1.40 bits per heavy atom. The molecule has 0 spiro atoms. The average molecular weight is 295 g/mol. The number of benzene rings is 1. The van der Waals surface area contributed by atoms with Crippen molar-refractivity contribution in [3.8, 4) is 0 Å². The molecule has 0 saturated carbocycles. The third-order valence-electron chi connectivity index (χ3n) is 3.64. The first-order valence-corrected chi connectivity index (χ1v) is 8.78. The fourth-order valence-corrected chi connectivity index (χ4v) is 4.34. The van der Waals surface area contributed by atoms with Crippen LogP contribution < -0.4 is 5.32 Å². The summed E-state index contributed by atoms with van der Waals surface area (Å²) in [6.45, 7) is 4.20. The smallest absolute Gasteiger partial charge is 0.224 e. The number of nitrogens with one attached hydrogen (secondary N) is 1. The predicted molar refractivity (Wildman–Crippen MR) is 80.5 cm³/mol. The second kappa shape index (κ2) is 5.95. The number of hydrogen-bond donors (Lipinski definition) is 1. The highest BCUT2D eigenvalue weighted by Gasteiger charge is 2.29. The first kappa shape index (κ1) is 15.0. The summed E-state index contributed by atoms with van der Waals surface area (Å²) in [7, 11) is -2.91. The van der Waals surface area contributed by atoms with E-state index in [4.69, 9.17) is 0 Å². The van der Waals surface area contributed by atoms with E-state index < -0.39 is 9.84 Å². The second-order valence-electron chi connectivity index (χ2n) is 5.80. The summed E-state index contributed by atoms with van der Waals surface area (Å²) in [4.78, 5) is 12.0. The Balaban J connectivity index is 1.93. The number of carbonyl (C=O) groups excluding carboxylic acids is 1. The molecule has 1 aliphatic heterocycles. The van der Waals surface area contributed by atoms with Crippen LogP contribution in [0.15, 0.2) is 24.3 Å². The SMILES string of the molecule is CC(C)c1cccc(NC(=O)CC2CCS(=O)(=O)C2)c1. The van der Waals surface area contributed by atoms with Crippen molar-refractivity contribution < 1.29 is 13.2 Å². The third kappa shape index (κ3) is 4.07.